The monoisotopic (exact) mass is 364 g/mol. The maximum absolute atomic E-state index is 12.7. The minimum atomic E-state index is -0.353. The molecule has 0 fully saturated rings. The number of hydrogen-bond donors (Lipinski definition) is 1. The summed E-state index contributed by atoms with van der Waals surface area (Å²) in [6.45, 7) is 0.110. The fraction of sp³-hybridized carbons (Fsp3) is 0.200. The molecule has 0 spiro atoms. The van der Waals surface area contributed by atoms with Crippen molar-refractivity contribution in [2.24, 2.45) is 0 Å². The van der Waals surface area contributed by atoms with Crippen LogP contribution in [0.4, 0.5) is 0 Å². The van der Waals surface area contributed by atoms with Gasteiger partial charge in [0.05, 0.1) is 12.3 Å². The normalized spacial score (nSPS) is 10.6. The van der Waals surface area contributed by atoms with Crippen LogP contribution in [0.3, 0.4) is 0 Å². The summed E-state index contributed by atoms with van der Waals surface area (Å²) in [6.07, 6.45) is 3.32. The Hall–Kier alpha value is -3.32. The maximum atomic E-state index is 12.7. The number of benzene rings is 1. The number of carbonyl (C=O) groups is 1. The van der Waals surface area contributed by atoms with Gasteiger partial charge in [-0.25, -0.2) is 4.68 Å². The van der Waals surface area contributed by atoms with Crippen LogP contribution < -0.4 is 5.56 Å². The van der Waals surface area contributed by atoms with Crippen molar-refractivity contribution in [2.45, 2.75) is 13.1 Å². The zero-order valence-corrected chi connectivity index (χ0v) is 14.7. The molecule has 0 radical (unpaired) electrons. The molecular formula is C20H20N4O3. The van der Waals surface area contributed by atoms with E-state index in [1.807, 2.05) is 36.4 Å². The van der Waals surface area contributed by atoms with Crippen LogP contribution in [0.1, 0.15) is 5.56 Å². The van der Waals surface area contributed by atoms with Crippen molar-refractivity contribution in [3.8, 4) is 11.3 Å². The van der Waals surface area contributed by atoms with Crippen LogP contribution in [0, 0.1) is 0 Å². The van der Waals surface area contributed by atoms with E-state index in [2.05, 4.69) is 10.1 Å². The van der Waals surface area contributed by atoms with E-state index in [1.165, 1.54) is 11.0 Å². The first kappa shape index (κ1) is 18.5. The highest BCUT2D eigenvalue weighted by Crippen LogP contribution is 2.14. The summed E-state index contributed by atoms with van der Waals surface area (Å²) >= 11 is 0. The summed E-state index contributed by atoms with van der Waals surface area (Å²) < 4.78 is 1.15. The molecule has 0 aliphatic heterocycles. The van der Waals surface area contributed by atoms with Crippen LogP contribution >= 0.6 is 0 Å². The minimum Gasteiger partial charge on any atom is -0.395 e. The van der Waals surface area contributed by atoms with Gasteiger partial charge >= 0.3 is 0 Å². The van der Waals surface area contributed by atoms with Gasteiger partial charge in [-0.2, -0.15) is 5.10 Å². The predicted octanol–water partition coefficient (Wildman–Crippen LogP) is 1.33. The van der Waals surface area contributed by atoms with E-state index in [0.717, 1.165) is 15.8 Å². The lowest BCUT2D eigenvalue weighted by molar-refractivity contribution is -0.133. The molecule has 3 aromatic rings. The third kappa shape index (κ3) is 4.86. The van der Waals surface area contributed by atoms with Gasteiger partial charge in [0.15, 0.2) is 0 Å². The number of aromatic nitrogens is 3. The molecule has 1 aromatic carbocycles. The van der Waals surface area contributed by atoms with Gasteiger partial charge in [0.1, 0.15) is 6.54 Å². The van der Waals surface area contributed by atoms with Crippen LogP contribution in [0.2, 0.25) is 0 Å². The Morgan fingerprint density at radius 1 is 1.07 bits per heavy atom. The first-order valence-electron chi connectivity index (χ1n) is 8.58. The summed E-state index contributed by atoms with van der Waals surface area (Å²) in [5.41, 5.74) is 1.97. The Bertz CT molecular complexity index is 942. The third-order valence-corrected chi connectivity index (χ3v) is 4.04. The molecule has 0 saturated heterocycles. The van der Waals surface area contributed by atoms with Crippen molar-refractivity contribution in [3.05, 3.63) is 82.9 Å². The van der Waals surface area contributed by atoms with Gasteiger partial charge < -0.3 is 10.0 Å². The molecule has 1 amide bonds. The third-order valence-electron chi connectivity index (χ3n) is 4.04. The van der Waals surface area contributed by atoms with Crippen LogP contribution in [-0.2, 0) is 17.9 Å². The molecule has 138 valence electrons. The number of nitrogens with zero attached hydrogens (tertiary/aromatic N) is 4. The number of aliphatic hydroxyl groups excluding tert-OH is 1. The molecule has 7 nitrogen and oxygen atoms in total. The fourth-order valence-corrected chi connectivity index (χ4v) is 2.68. The van der Waals surface area contributed by atoms with Crippen LogP contribution in [-0.4, -0.2) is 43.8 Å². The molecule has 7 heteroatoms. The number of pyridine rings is 1. The number of amides is 1. The van der Waals surface area contributed by atoms with E-state index < -0.39 is 0 Å². The van der Waals surface area contributed by atoms with Crippen LogP contribution in [0.25, 0.3) is 11.3 Å². The Kier molecular flexibility index (Phi) is 6.06. The van der Waals surface area contributed by atoms with E-state index in [-0.39, 0.29) is 31.2 Å². The minimum absolute atomic E-state index is 0.168. The molecule has 27 heavy (non-hydrogen) atoms. The molecule has 0 aliphatic carbocycles. The lowest BCUT2D eigenvalue weighted by Crippen LogP contribution is -2.38. The molecule has 0 aliphatic rings. The van der Waals surface area contributed by atoms with Crippen molar-refractivity contribution in [2.75, 3.05) is 13.2 Å². The highest BCUT2D eigenvalue weighted by atomic mass is 16.3. The van der Waals surface area contributed by atoms with Crippen molar-refractivity contribution in [3.63, 3.8) is 0 Å². The zero-order valence-electron chi connectivity index (χ0n) is 14.7. The van der Waals surface area contributed by atoms with Gasteiger partial charge in [0, 0.05) is 37.1 Å². The Balaban J connectivity index is 1.80. The predicted molar refractivity (Wildman–Crippen MR) is 101 cm³/mol. The molecule has 3 rings (SSSR count). The van der Waals surface area contributed by atoms with Gasteiger partial charge in [-0.1, -0.05) is 36.4 Å². The molecule has 2 aromatic heterocycles. The van der Waals surface area contributed by atoms with E-state index in [1.54, 1.807) is 24.5 Å². The molecule has 0 atom stereocenters. The molecule has 0 unspecified atom stereocenters. The topological polar surface area (TPSA) is 88.3 Å². The SMILES string of the molecule is O=C(Cn1nc(-c2ccccc2)ccc1=O)N(CCO)Cc1cccnc1. The lowest BCUT2D eigenvalue weighted by Gasteiger charge is -2.22. The molecule has 0 bridgehead atoms. The van der Waals surface area contributed by atoms with Crippen LogP contribution in [0.5, 0.6) is 0 Å². The number of hydrogen-bond acceptors (Lipinski definition) is 5. The highest BCUT2D eigenvalue weighted by Gasteiger charge is 2.16. The van der Waals surface area contributed by atoms with Crippen LogP contribution in [0.15, 0.2) is 71.8 Å². The Morgan fingerprint density at radius 3 is 2.59 bits per heavy atom. The maximum Gasteiger partial charge on any atom is 0.267 e. The van der Waals surface area contributed by atoms with Gasteiger partial charge in [0.2, 0.25) is 5.91 Å². The summed E-state index contributed by atoms with van der Waals surface area (Å²) in [4.78, 5) is 30.4. The second kappa shape index (κ2) is 8.86. The number of aliphatic hydroxyl groups is 1. The van der Waals surface area contributed by atoms with Gasteiger partial charge in [-0.3, -0.25) is 14.6 Å². The zero-order chi connectivity index (χ0) is 19.1. The van der Waals surface area contributed by atoms with Crippen molar-refractivity contribution in [1.82, 2.24) is 19.7 Å². The summed E-state index contributed by atoms with van der Waals surface area (Å²) in [7, 11) is 0. The molecular weight excluding hydrogens is 344 g/mol. The quantitative estimate of drug-likeness (QED) is 0.683. The average molecular weight is 364 g/mol. The van der Waals surface area contributed by atoms with Gasteiger partial charge in [-0.05, 0) is 17.7 Å². The molecule has 1 N–H and O–H groups in total. The summed E-state index contributed by atoms with van der Waals surface area (Å²) in [5, 5.41) is 13.6. The Labute approximate surface area is 156 Å². The van der Waals surface area contributed by atoms with Gasteiger partial charge in [-0.15, -0.1) is 0 Å². The molecule has 0 saturated carbocycles. The van der Waals surface area contributed by atoms with Crippen molar-refractivity contribution < 1.29 is 9.90 Å². The first-order chi connectivity index (χ1) is 13.2. The largest absolute Gasteiger partial charge is 0.395 e. The second-order valence-electron chi connectivity index (χ2n) is 5.98. The van der Waals surface area contributed by atoms with E-state index in [0.29, 0.717) is 12.2 Å². The average Bonchev–Trinajstić information content (AvgIpc) is 2.71. The van der Waals surface area contributed by atoms with E-state index in [9.17, 15) is 14.7 Å². The highest BCUT2D eigenvalue weighted by molar-refractivity contribution is 5.76. The van der Waals surface area contributed by atoms with Gasteiger partial charge in [0.25, 0.3) is 5.56 Å². The summed E-state index contributed by atoms with van der Waals surface area (Å²) in [6, 6.07) is 16.1. The fourth-order valence-electron chi connectivity index (χ4n) is 2.68. The van der Waals surface area contributed by atoms with E-state index >= 15 is 0 Å². The number of carbonyl (C=O) groups excluding carboxylic acids is 1. The first-order valence-corrected chi connectivity index (χ1v) is 8.58. The molecule has 2 heterocycles. The van der Waals surface area contributed by atoms with Crippen molar-refractivity contribution >= 4 is 5.91 Å². The standard InChI is InChI=1S/C20H20N4O3/c25-12-11-23(14-16-5-4-10-21-13-16)20(27)15-24-19(26)9-8-18(22-24)17-6-2-1-3-7-17/h1-10,13,25H,11-12,14-15H2. The number of rotatable bonds is 7. The smallest absolute Gasteiger partial charge is 0.267 e. The Morgan fingerprint density at radius 2 is 1.89 bits per heavy atom. The summed E-state index contributed by atoms with van der Waals surface area (Å²) in [5.74, 6) is -0.298. The van der Waals surface area contributed by atoms with E-state index in [4.69, 9.17) is 0 Å². The second-order valence-corrected chi connectivity index (χ2v) is 5.98. The van der Waals surface area contributed by atoms with Crippen molar-refractivity contribution in [1.29, 1.82) is 0 Å². The lowest BCUT2D eigenvalue weighted by atomic mass is 10.1.